The lowest BCUT2D eigenvalue weighted by Crippen LogP contribution is -2.24. The van der Waals surface area contributed by atoms with Crippen molar-refractivity contribution in [1.82, 2.24) is 15.3 Å². The van der Waals surface area contributed by atoms with Gasteiger partial charge in [-0.1, -0.05) is 6.92 Å². The van der Waals surface area contributed by atoms with Gasteiger partial charge in [-0.2, -0.15) is 13.2 Å². The number of aryl methyl sites for hydroxylation is 1. The lowest BCUT2D eigenvalue weighted by atomic mass is 10.2. The highest BCUT2D eigenvalue weighted by Crippen LogP contribution is 2.18. The monoisotopic (exact) mass is 396 g/mol. The molecule has 0 unspecified atom stereocenters. The Morgan fingerprint density at radius 1 is 1.21 bits per heavy atom. The van der Waals surface area contributed by atoms with Gasteiger partial charge in [-0.05, 0) is 25.1 Å². The van der Waals surface area contributed by atoms with Gasteiger partial charge in [-0.25, -0.2) is 4.98 Å². The second-order valence-electron chi connectivity index (χ2n) is 5.85. The van der Waals surface area contributed by atoms with Crippen LogP contribution in [0.15, 0.2) is 30.5 Å². The molecule has 2 aromatic heterocycles. The van der Waals surface area contributed by atoms with Gasteiger partial charge in [0, 0.05) is 29.9 Å². The third-order valence-electron chi connectivity index (χ3n) is 3.42. The van der Waals surface area contributed by atoms with Crippen LogP contribution in [-0.4, -0.2) is 34.6 Å². The second-order valence-corrected chi connectivity index (χ2v) is 5.85. The summed E-state index contributed by atoms with van der Waals surface area (Å²) in [5.41, 5.74) is 1.15. The maximum absolute atomic E-state index is 12.4. The summed E-state index contributed by atoms with van der Waals surface area (Å²) in [4.78, 5) is 32.0. The van der Waals surface area contributed by atoms with E-state index in [1.54, 1.807) is 19.9 Å². The van der Waals surface area contributed by atoms with Crippen LogP contribution in [0.4, 0.5) is 19.0 Å². The number of hydrogen-bond acceptors (Lipinski definition) is 5. The maximum atomic E-state index is 12.4. The Labute approximate surface area is 159 Å². The third-order valence-corrected chi connectivity index (χ3v) is 3.42. The van der Waals surface area contributed by atoms with Gasteiger partial charge < -0.3 is 15.4 Å². The van der Waals surface area contributed by atoms with E-state index >= 15 is 0 Å². The van der Waals surface area contributed by atoms with Crippen LogP contribution in [0.1, 0.15) is 35.1 Å². The van der Waals surface area contributed by atoms with Gasteiger partial charge in [0.15, 0.2) is 6.61 Å². The van der Waals surface area contributed by atoms with E-state index in [9.17, 15) is 22.8 Å². The maximum Gasteiger partial charge on any atom is 0.422 e. The minimum atomic E-state index is -4.44. The number of rotatable bonds is 7. The quantitative estimate of drug-likeness (QED) is 0.751. The van der Waals surface area contributed by atoms with Crippen LogP contribution in [0, 0.1) is 6.92 Å². The molecule has 0 saturated carbocycles. The number of nitrogens with zero attached hydrogens (tertiary/aromatic N) is 2. The highest BCUT2D eigenvalue weighted by molar-refractivity contribution is 5.96. The molecule has 2 rings (SSSR count). The zero-order valence-corrected chi connectivity index (χ0v) is 15.3. The average Bonchev–Trinajstić information content (AvgIpc) is 2.63. The van der Waals surface area contributed by atoms with Crippen LogP contribution < -0.4 is 15.4 Å². The molecule has 28 heavy (non-hydrogen) atoms. The van der Waals surface area contributed by atoms with Crippen LogP contribution in [0.5, 0.6) is 5.75 Å². The van der Waals surface area contributed by atoms with Gasteiger partial charge in [0.2, 0.25) is 5.91 Å². The fraction of sp³-hybridized carbons (Fsp3) is 0.333. The smallest absolute Gasteiger partial charge is 0.422 e. The first-order valence-corrected chi connectivity index (χ1v) is 8.37. The van der Waals surface area contributed by atoms with Gasteiger partial charge in [0.25, 0.3) is 5.91 Å². The van der Waals surface area contributed by atoms with Crippen molar-refractivity contribution in [2.75, 3.05) is 11.9 Å². The van der Waals surface area contributed by atoms with Crippen LogP contribution in [-0.2, 0) is 11.3 Å². The molecule has 10 heteroatoms. The number of carbonyl (C=O) groups is 2. The molecular weight excluding hydrogens is 377 g/mol. The van der Waals surface area contributed by atoms with Crippen molar-refractivity contribution >= 4 is 17.6 Å². The highest BCUT2D eigenvalue weighted by Gasteiger charge is 2.28. The van der Waals surface area contributed by atoms with Crippen molar-refractivity contribution in [2.45, 2.75) is 33.0 Å². The molecule has 0 atom stereocenters. The molecule has 2 aromatic rings. The van der Waals surface area contributed by atoms with E-state index < -0.39 is 18.7 Å². The zero-order valence-electron chi connectivity index (χ0n) is 15.3. The Morgan fingerprint density at radius 2 is 1.96 bits per heavy atom. The largest absolute Gasteiger partial charge is 0.484 e. The van der Waals surface area contributed by atoms with Crippen molar-refractivity contribution in [1.29, 1.82) is 0 Å². The second kappa shape index (κ2) is 9.16. The van der Waals surface area contributed by atoms with Crippen molar-refractivity contribution in [2.24, 2.45) is 0 Å². The number of nitrogens with one attached hydrogen (secondary N) is 2. The van der Waals surface area contributed by atoms with Crippen LogP contribution >= 0.6 is 0 Å². The zero-order chi connectivity index (χ0) is 20.7. The molecule has 7 nitrogen and oxygen atoms in total. The minimum Gasteiger partial charge on any atom is -0.484 e. The summed E-state index contributed by atoms with van der Waals surface area (Å²) in [5.74, 6) is -0.413. The van der Waals surface area contributed by atoms with Crippen LogP contribution in [0.25, 0.3) is 0 Å². The summed E-state index contributed by atoms with van der Waals surface area (Å²) in [6.45, 7) is 1.95. The molecule has 0 fully saturated rings. The molecule has 2 heterocycles. The fourth-order valence-corrected chi connectivity index (χ4v) is 2.18. The van der Waals surface area contributed by atoms with E-state index in [1.165, 1.54) is 24.4 Å². The highest BCUT2D eigenvalue weighted by atomic mass is 19.4. The number of aromatic nitrogens is 2. The van der Waals surface area contributed by atoms with Crippen LogP contribution in [0.3, 0.4) is 0 Å². The van der Waals surface area contributed by atoms with Gasteiger partial charge in [-0.3, -0.25) is 14.6 Å². The van der Waals surface area contributed by atoms with E-state index in [-0.39, 0.29) is 36.0 Å². The minimum absolute atomic E-state index is 0.000828. The predicted octanol–water partition coefficient (Wildman–Crippen LogP) is 3.00. The summed E-state index contributed by atoms with van der Waals surface area (Å²) in [5, 5.41) is 5.20. The molecule has 0 aromatic carbocycles. The van der Waals surface area contributed by atoms with Gasteiger partial charge in [-0.15, -0.1) is 0 Å². The molecule has 0 spiro atoms. The normalized spacial score (nSPS) is 11.0. The number of anilines is 1. The topological polar surface area (TPSA) is 93.2 Å². The van der Waals surface area contributed by atoms with E-state index in [4.69, 9.17) is 0 Å². The van der Waals surface area contributed by atoms with Crippen molar-refractivity contribution in [3.8, 4) is 5.75 Å². The first-order chi connectivity index (χ1) is 13.2. The third kappa shape index (κ3) is 6.86. The molecule has 0 aliphatic heterocycles. The molecular formula is C18H19F3N4O3. The Morgan fingerprint density at radius 3 is 2.64 bits per heavy atom. The molecule has 150 valence electrons. The summed E-state index contributed by atoms with van der Waals surface area (Å²) >= 11 is 0. The molecule has 0 aliphatic rings. The van der Waals surface area contributed by atoms with Gasteiger partial charge in [0.05, 0.1) is 12.2 Å². The summed E-state index contributed by atoms with van der Waals surface area (Å²) in [6.07, 6.45) is -2.88. The van der Waals surface area contributed by atoms with E-state index in [2.05, 4.69) is 25.3 Å². The van der Waals surface area contributed by atoms with Gasteiger partial charge >= 0.3 is 6.18 Å². The Kier molecular flexibility index (Phi) is 6.91. The number of alkyl halides is 3. The number of carbonyl (C=O) groups excluding carboxylic acids is 2. The fourth-order valence-electron chi connectivity index (χ4n) is 2.18. The summed E-state index contributed by atoms with van der Waals surface area (Å²) in [6, 6.07) is 5.60. The van der Waals surface area contributed by atoms with Crippen molar-refractivity contribution < 1.29 is 27.5 Å². The van der Waals surface area contributed by atoms with E-state index in [0.29, 0.717) is 11.4 Å². The molecule has 0 bridgehead atoms. The Hall–Kier alpha value is -3.17. The van der Waals surface area contributed by atoms with Gasteiger partial charge in [0.1, 0.15) is 11.6 Å². The van der Waals surface area contributed by atoms with Crippen molar-refractivity contribution in [3.05, 3.63) is 47.4 Å². The van der Waals surface area contributed by atoms with Crippen LogP contribution in [0.2, 0.25) is 0 Å². The first kappa shape index (κ1) is 21.1. The Bertz CT molecular complexity index is 856. The molecule has 0 radical (unpaired) electrons. The standard InChI is InChI=1S/C18H19F3N4O3/c1-3-16(26)25-15-7-12(6-11(2)24-15)17(27)23-9-13-8-14(4-5-22-13)28-10-18(19,20)21/h4-8H,3,9-10H2,1-2H3,(H,23,27)(H,24,25,26). The van der Waals surface area contributed by atoms with E-state index in [0.717, 1.165) is 0 Å². The number of amides is 2. The number of pyridine rings is 2. The lowest BCUT2D eigenvalue weighted by molar-refractivity contribution is -0.153. The summed E-state index contributed by atoms with van der Waals surface area (Å²) in [7, 11) is 0. The first-order valence-electron chi connectivity index (χ1n) is 8.37. The lowest BCUT2D eigenvalue weighted by Gasteiger charge is -2.11. The molecule has 0 saturated heterocycles. The van der Waals surface area contributed by atoms with E-state index in [1.807, 2.05) is 0 Å². The summed E-state index contributed by atoms with van der Waals surface area (Å²) < 4.78 is 41.3. The molecule has 2 amide bonds. The Balaban J connectivity index is 2.01. The number of halogens is 3. The molecule has 2 N–H and O–H groups in total. The average molecular weight is 396 g/mol. The van der Waals surface area contributed by atoms with Crippen molar-refractivity contribution in [3.63, 3.8) is 0 Å². The SMILES string of the molecule is CCC(=O)Nc1cc(C(=O)NCc2cc(OCC(F)(F)F)ccn2)cc(C)n1. The number of ether oxygens (including phenoxy) is 1. The predicted molar refractivity (Wildman–Crippen MR) is 94.9 cm³/mol. The molecule has 0 aliphatic carbocycles. The number of hydrogen-bond donors (Lipinski definition) is 2.